The summed E-state index contributed by atoms with van der Waals surface area (Å²) in [7, 11) is 0. The third-order valence-corrected chi connectivity index (χ3v) is 6.67. The topological polar surface area (TPSA) is 48.2 Å². The molecule has 0 bridgehead atoms. The minimum absolute atomic E-state index is 0.107. The molecule has 1 unspecified atom stereocenters. The first-order valence-electron chi connectivity index (χ1n) is 14.0. The second-order valence-corrected chi connectivity index (χ2v) is 13.8. The van der Waals surface area contributed by atoms with Gasteiger partial charge in [-0.25, -0.2) is 0 Å². The van der Waals surface area contributed by atoms with Gasteiger partial charge in [-0.15, -0.1) is 10.2 Å². The minimum Gasteiger partial charge on any atom is -0.416 e. The van der Waals surface area contributed by atoms with Crippen molar-refractivity contribution in [3.05, 3.63) is 83.9 Å². The monoisotopic (exact) mass is 524 g/mol. The summed E-state index contributed by atoms with van der Waals surface area (Å²) in [6.07, 6.45) is 2.12. The van der Waals surface area contributed by atoms with Gasteiger partial charge in [0.15, 0.2) is 0 Å². The maximum atomic E-state index is 6.42. The van der Waals surface area contributed by atoms with Gasteiger partial charge in [-0.2, -0.15) is 0 Å². The predicted octanol–water partition coefficient (Wildman–Crippen LogP) is 9.53. The van der Waals surface area contributed by atoms with Crippen molar-refractivity contribution in [2.45, 2.75) is 92.3 Å². The van der Waals surface area contributed by atoms with Gasteiger partial charge in [0.25, 0.3) is 0 Å². The Morgan fingerprint density at radius 3 is 1.49 bits per heavy atom. The lowest BCUT2D eigenvalue weighted by Gasteiger charge is -2.32. The van der Waals surface area contributed by atoms with E-state index in [0.717, 1.165) is 29.5 Å². The van der Waals surface area contributed by atoms with E-state index in [1.165, 1.54) is 16.7 Å². The highest BCUT2D eigenvalue weighted by Gasteiger charge is 2.24. The van der Waals surface area contributed by atoms with E-state index in [1.54, 1.807) is 0 Å². The van der Waals surface area contributed by atoms with E-state index in [2.05, 4.69) is 121 Å². The summed E-state index contributed by atoms with van der Waals surface area (Å²) in [6, 6.07) is 25.5. The number of hydrogen-bond acceptors (Lipinski definition) is 4. The van der Waals surface area contributed by atoms with Crippen molar-refractivity contribution in [2.75, 3.05) is 0 Å². The van der Waals surface area contributed by atoms with Crippen molar-refractivity contribution >= 4 is 0 Å². The first kappa shape index (κ1) is 28.8. The van der Waals surface area contributed by atoms with Crippen LogP contribution < -0.4 is 0 Å². The zero-order valence-corrected chi connectivity index (χ0v) is 25.1. The standard InChI is InChI=1S/C35H44N2O2/c1-33(2,3)23-30(39-35(7,8)9)22-24-10-12-25(13-11-24)26-14-16-27(17-15-26)31-36-37-32(38-31)28-18-20-29(21-19-28)34(4,5)6/h10-21,30H,22-23H2,1-9H3. The third-order valence-electron chi connectivity index (χ3n) is 6.67. The van der Waals surface area contributed by atoms with E-state index in [1.807, 2.05) is 24.3 Å². The van der Waals surface area contributed by atoms with Crippen molar-refractivity contribution < 1.29 is 9.15 Å². The Kier molecular flexibility index (Phi) is 8.18. The van der Waals surface area contributed by atoms with Gasteiger partial charge in [0.2, 0.25) is 11.8 Å². The Labute approximate surface area is 234 Å². The molecule has 0 saturated carbocycles. The second-order valence-electron chi connectivity index (χ2n) is 13.8. The maximum Gasteiger partial charge on any atom is 0.248 e. The molecule has 3 aromatic carbocycles. The van der Waals surface area contributed by atoms with Crippen LogP contribution >= 0.6 is 0 Å². The first-order valence-corrected chi connectivity index (χ1v) is 14.0. The molecule has 1 heterocycles. The number of rotatable bonds is 7. The van der Waals surface area contributed by atoms with Gasteiger partial charge in [-0.3, -0.25) is 0 Å². The van der Waals surface area contributed by atoms with Crippen LogP contribution in [0.15, 0.2) is 77.2 Å². The molecule has 4 nitrogen and oxygen atoms in total. The molecule has 0 aliphatic carbocycles. The highest BCUT2D eigenvalue weighted by molar-refractivity contribution is 5.68. The highest BCUT2D eigenvalue weighted by atomic mass is 16.5. The fourth-order valence-electron chi connectivity index (χ4n) is 4.81. The molecule has 4 rings (SSSR count). The zero-order valence-electron chi connectivity index (χ0n) is 25.1. The zero-order chi connectivity index (χ0) is 28.4. The molecule has 0 spiro atoms. The lowest BCUT2D eigenvalue weighted by atomic mass is 9.86. The van der Waals surface area contributed by atoms with Gasteiger partial charge in [0, 0.05) is 11.1 Å². The van der Waals surface area contributed by atoms with Crippen molar-refractivity contribution in [1.29, 1.82) is 0 Å². The molecule has 39 heavy (non-hydrogen) atoms. The molecule has 0 amide bonds. The van der Waals surface area contributed by atoms with Crippen molar-refractivity contribution in [2.24, 2.45) is 5.41 Å². The van der Waals surface area contributed by atoms with Crippen LogP contribution in [0.1, 0.15) is 79.9 Å². The SMILES string of the molecule is CC(C)(C)CC(Cc1ccc(-c2ccc(-c3nnc(-c4ccc(C(C)(C)C)cc4)o3)cc2)cc1)OC(C)(C)C. The maximum absolute atomic E-state index is 6.42. The van der Waals surface area contributed by atoms with E-state index in [4.69, 9.17) is 9.15 Å². The van der Waals surface area contributed by atoms with Crippen LogP contribution in [0.5, 0.6) is 0 Å². The van der Waals surface area contributed by atoms with Crippen LogP contribution in [-0.4, -0.2) is 21.9 Å². The number of ether oxygens (including phenoxy) is 1. The van der Waals surface area contributed by atoms with E-state index >= 15 is 0 Å². The summed E-state index contributed by atoms with van der Waals surface area (Å²) in [6.45, 7) is 19.8. The fourth-order valence-corrected chi connectivity index (χ4v) is 4.81. The molecule has 0 N–H and O–H groups in total. The van der Waals surface area contributed by atoms with Crippen LogP contribution in [0.25, 0.3) is 34.0 Å². The van der Waals surface area contributed by atoms with Gasteiger partial charge < -0.3 is 9.15 Å². The first-order chi connectivity index (χ1) is 18.2. The molecule has 4 heteroatoms. The van der Waals surface area contributed by atoms with Crippen LogP contribution in [0, 0.1) is 5.41 Å². The van der Waals surface area contributed by atoms with Crippen molar-refractivity contribution in [3.63, 3.8) is 0 Å². The number of benzene rings is 3. The van der Waals surface area contributed by atoms with E-state index in [-0.39, 0.29) is 22.5 Å². The van der Waals surface area contributed by atoms with Crippen LogP contribution in [0.3, 0.4) is 0 Å². The Morgan fingerprint density at radius 1 is 0.615 bits per heavy atom. The van der Waals surface area contributed by atoms with E-state index in [0.29, 0.717) is 11.8 Å². The number of hydrogen-bond donors (Lipinski definition) is 0. The lowest BCUT2D eigenvalue weighted by molar-refractivity contribution is -0.0733. The van der Waals surface area contributed by atoms with Crippen molar-refractivity contribution in [3.8, 4) is 34.0 Å². The fraction of sp³-hybridized carbons (Fsp3) is 0.429. The van der Waals surface area contributed by atoms with Gasteiger partial charge >= 0.3 is 0 Å². The summed E-state index contributed by atoms with van der Waals surface area (Å²) in [5.74, 6) is 1.06. The van der Waals surface area contributed by atoms with Gasteiger partial charge in [-0.05, 0) is 91.0 Å². The van der Waals surface area contributed by atoms with Gasteiger partial charge in [0.1, 0.15) is 0 Å². The average Bonchev–Trinajstić information content (AvgIpc) is 3.32. The Hall–Kier alpha value is -3.24. The minimum atomic E-state index is -0.159. The Bertz CT molecular complexity index is 1330. The largest absolute Gasteiger partial charge is 0.416 e. The second kappa shape index (κ2) is 11.1. The molecule has 206 valence electrons. The summed E-state index contributed by atoms with van der Waals surface area (Å²) in [4.78, 5) is 0. The van der Waals surface area contributed by atoms with Crippen LogP contribution in [-0.2, 0) is 16.6 Å². The van der Waals surface area contributed by atoms with Gasteiger partial charge in [0.05, 0.1) is 11.7 Å². The van der Waals surface area contributed by atoms with Crippen LogP contribution in [0.4, 0.5) is 0 Å². The number of aromatic nitrogens is 2. The molecular weight excluding hydrogens is 480 g/mol. The highest BCUT2D eigenvalue weighted by Crippen LogP contribution is 2.30. The summed E-state index contributed by atoms with van der Waals surface area (Å²) in [5, 5.41) is 8.58. The smallest absolute Gasteiger partial charge is 0.248 e. The summed E-state index contributed by atoms with van der Waals surface area (Å²) >= 11 is 0. The van der Waals surface area contributed by atoms with Crippen molar-refractivity contribution in [1.82, 2.24) is 10.2 Å². The van der Waals surface area contributed by atoms with Gasteiger partial charge in [-0.1, -0.05) is 90.1 Å². The Balaban J connectivity index is 1.44. The molecule has 0 aliphatic heterocycles. The summed E-state index contributed by atoms with van der Waals surface area (Å²) < 4.78 is 12.4. The quantitative estimate of drug-likeness (QED) is 0.241. The van der Waals surface area contributed by atoms with Crippen LogP contribution in [0.2, 0.25) is 0 Å². The summed E-state index contributed by atoms with van der Waals surface area (Å²) in [5.41, 5.74) is 6.90. The lowest BCUT2D eigenvalue weighted by Crippen LogP contribution is -2.32. The molecule has 4 aromatic rings. The number of nitrogens with zero attached hydrogens (tertiary/aromatic N) is 2. The predicted molar refractivity (Wildman–Crippen MR) is 162 cm³/mol. The average molecular weight is 525 g/mol. The van der Waals surface area contributed by atoms with E-state index in [9.17, 15) is 0 Å². The molecule has 0 radical (unpaired) electrons. The third kappa shape index (κ3) is 8.12. The molecule has 1 atom stereocenters. The Morgan fingerprint density at radius 2 is 1.05 bits per heavy atom. The normalized spacial score (nSPS) is 13.5. The molecular formula is C35H44N2O2. The van der Waals surface area contributed by atoms with E-state index < -0.39 is 0 Å². The molecule has 1 aromatic heterocycles. The molecule has 0 saturated heterocycles. The molecule has 0 aliphatic rings. The molecule has 0 fully saturated rings.